The Labute approximate surface area is 67.9 Å². The van der Waals surface area contributed by atoms with Crippen LogP contribution in [-0.4, -0.2) is 24.9 Å². The predicted octanol–water partition coefficient (Wildman–Crippen LogP) is 1.73. The summed E-state index contributed by atoms with van der Waals surface area (Å²) in [5.41, 5.74) is 0. The van der Waals surface area contributed by atoms with E-state index in [1.54, 1.807) is 0 Å². The molecule has 0 spiro atoms. The fraction of sp³-hybridized carbons (Fsp3) is 1.00. The molecule has 2 fully saturated rings. The molecule has 0 aromatic rings. The van der Waals surface area contributed by atoms with Crippen molar-refractivity contribution in [3.63, 3.8) is 0 Å². The second-order valence-corrected chi connectivity index (χ2v) is 3.51. The molecule has 3 unspecified atom stereocenters. The Hall–Kier alpha value is -0.0800. The Morgan fingerprint density at radius 2 is 2.27 bits per heavy atom. The van der Waals surface area contributed by atoms with Gasteiger partial charge in [-0.15, -0.1) is 0 Å². The predicted molar refractivity (Wildman–Crippen MR) is 42.5 cm³/mol. The van der Waals surface area contributed by atoms with Crippen molar-refractivity contribution in [1.29, 1.82) is 0 Å². The molecule has 0 aromatic carbocycles. The molecule has 64 valence electrons. The first kappa shape index (κ1) is 7.56. The van der Waals surface area contributed by atoms with Gasteiger partial charge in [0.25, 0.3) is 0 Å². The van der Waals surface area contributed by atoms with Gasteiger partial charge in [0.15, 0.2) is 0 Å². The Bertz CT molecular complexity index is 136. The molecule has 2 aliphatic heterocycles. The van der Waals surface area contributed by atoms with Crippen molar-refractivity contribution in [2.24, 2.45) is 0 Å². The highest BCUT2D eigenvalue weighted by Crippen LogP contribution is 2.36. The molecule has 0 aliphatic carbocycles. The van der Waals surface area contributed by atoms with Crippen LogP contribution in [0.15, 0.2) is 0 Å². The van der Waals surface area contributed by atoms with Crippen molar-refractivity contribution >= 4 is 0 Å². The van der Waals surface area contributed by atoms with E-state index in [1.807, 2.05) is 0 Å². The van der Waals surface area contributed by atoms with E-state index >= 15 is 0 Å². The minimum Gasteiger partial charge on any atom is -0.373 e. The van der Waals surface area contributed by atoms with E-state index in [-0.39, 0.29) is 0 Å². The Morgan fingerprint density at radius 3 is 2.82 bits per heavy atom. The van der Waals surface area contributed by atoms with E-state index in [9.17, 15) is 0 Å². The Balaban J connectivity index is 1.63. The molecule has 0 aromatic heterocycles. The van der Waals surface area contributed by atoms with Crippen molar-refractivity contribution in [2.75, 3.05) is 6.61 Å². The third-order valence-electron chi connectivity index (χ3n) is 2.55. The summed E-state index contributed by atoms with van der Waals surface area (Å²) in [6.07, 6.45) is 6.52. The van der Waals surface area contributed by atoms with Crippen molar-refractivity contribution in [2.45, 2.75) is 50.9 Å². The van der Waals surface area contributed by atoms with Gasteiger partial charge in [-0.3, -0.25) is 0 Å². The van der Waals surface area contributed by atoms with Crippen molar-refractivity contribution in [3.05, 3.63) is 0 Å². The average molecular weight is 156 g/mol. The molecule has 2 aliphatic rings. The van der Waals surface area contributed by atoms with Crippen molar-refractivity contribution in [1.82, 2.24) is 0 Å². The summed E-state index contributed by atoms with van der Waals surface area (Å²) in [6.45, 7) is 3.08. The molecule has 2 rings (SSSR count). The van der Waals surface area contributed by atoms with Gasteiger partial charge in [0.1, 0.15) is 12.2 Å². The smallest absolute Gasteiger partial charge is 0.113 e. The molecule has 0 bridgehead atoms. The zero-order chi connectivity index (χ0) is 7.68. The van der Waals surface area contributed by atoms with Crippen LogP contribution in [-0.2, 0) is 9.47 Å². The highest BCUT2D eigenvalue weighted by molar-refractivity contribution is 4.96. The minimum atomic E-state index is 0.437. The highest BCUT2D eigenvalue weighted by Gasteiger charge is 2.50. The highest BCUT2D eigenvalue weighted by atomic mass is 16.7. The third kappa shape index (κ3) is 1.57. The van der Waals surface area contributed by atoms with E-state index in [0.717, 1.165) is 6.61 Å². The third-order valence-corrected chi connectivity index (χ3v) is 2.55. The summed E-state index contributed by atoms with van der Waals surface area (Å²) >= 11 is 0. The maximum Gasteiger partial charge on any atom is 0.113 e. The van der Waals surface area contributed by atoms with Gasteiger partial charge in [-0.05, 0) is 6.42 Å². The van der Waals surface area contributed by atoms with Gasteiger partial charge in [-0.2, -0.15) is 0 Å². The van der Waals surface area contributed by atoms with Gasteiger partial charge in [0.05, 0.1) is 12.7 Å². The van der Waals surface area contributed by atoms with Crippen LogP contribution in [0.1, 0.15) is 32.6 Å². The molecule has 0 saturated carbocycles. The lowest BCUT2D eigenvalue weighted by atomic mass is 10.1. The molecule has 2 nitrogen and oxygen atoms in total. The summed E-state index contributed by atoms with van der Waals surface area (Å²) in [5, 5.41) is 0. The normalized spacial score (nSPS) is 40.6. The van der Waals surface area contributed by atoms with Gasteiger partial charge < -0.3 is 9.47 Å². The molecule has 0 N–H and O–H groups in total. The summed E-state index contributed by atoms with van der Waals surface area (Å²) in [6, 6.07) is 0. The van der Waals surface area contributed by atoms with Gasteiger partial charge in [-0.25, -0.2) is 0 Å². The molecule has 0 amide bonds. The lowest BCUT2D eigenvalue weighted by Gasteiger charge is -2.09. The maximum absolute atomic E-state index is 5.54. The van der Waals surface area contributed by atoms with E-state index in [0.29, 0.717) is 18.3 Å². The molecule has 2 heteroatoms. The van der Waals surface area contributed by atoms with Crippen LogP contribution >= 0.6 is 0 Å². The van der Waals surface area contributed by atoms with Gasteiger partial charge in [0.2, 0.25) is 0 Å². The fourth-order valence-electron chi connectivity index (χ4n) is 1.77. The van der Waals surface area contributed by atoms with Gasteiger partial charge in [0, 0.05) is 0 Å². The summed E-state index contributed by atoms with van der Waals surface area (Å²) in [4.78, 5) is 0. The average Bonchev–Trinajstić information content (AvgIpc) is 2.70. The monoisotopic (exact) mass is 156 g/mol. The summed E-state index contributed by atoms with van der Waals surface area (Å²) < 4.78 is 10.9. The molecule has 11 heavy (non-hydrogen) atoms. The van der Waals surface area contributed by atoms with Crippen LogP contribution in [0.2, 0.25) is 0 Å². The molecular formula is C9H16O2. The summed E-state index contributed by atoms with van der Waals surface area (Å²) in [7, 11) is 0. The number of hydrogen-bond acceptors (Lipinski definition) is 2. The second-order valence-electron chi connectivity index (χ2n) is 3.51. The SMILES string of the molecule is CCCCCC1OCC2OC12. The van der Waals surface area contributed by atoms with Crippen LogP contribution in [0, 0.1) is 0 Å². The lowest BCUT2D eigenvalue weighted by molar-refractivity contribution is 0.0231. The standard InChI is InChI=1S/C9H16O2/c1-2-3-4-5-7-9-8(11-9)6-10-7/h7-9H,2-6H2,1H3. The first-order chi connectivity index (χ1) is 5.42. The van der Waals surface area contributed by atoms with Crippen LogP contribution < -0.4 is 0 Å². The van der Waals surface area contributed by atoms with Gasteiger partial charge in [-0.1, -0.05) is 26.2 Å². The Morgan fingerprint density at radius 1 is 1.36 bits per heavy atom. The van der Waals surface area contributed by atoms with Gasteiger partial charge >= 0.3 is 0 Å². The molecule has 3 atom stereocenters. The number of unbranched alkanes of at least 4 members (excludes halogenated alkanes) is 2. The number of hydrogen-bond donors (Lipinski definition) is 0. The zero-order valence-electron chi connectivity index (χ0n) is 7.08. The van der Waals surface area contributed by atoms with E-state index in [4.69, 9.17) is 9.47 Å². The zero-order valence-corrected chi connectivity index (χ0v) is 7.08. The minimum absolute atomic E-state index is 0.437. The van der Waals surface area contributed by atoms with Crippen LogP contribution in [0.5, 0.6) is 0 Å². The van der Waals surface area contributed by atoms with Crippen LogP contribution in [0.3, 0.4) is 0 Å². The molecule has 0 radical (unpaired) electrons. The molecular weight excluding hydrogens is 140 g/mol. The second kappa shape index (κ2) is 3.11. The Kier molecular flexibility index (Phi) is 2.14. The maximum atomic E-state index is 5.54. The number of ether oxygens (including phenoxy) is 2. The van der Waals surface area contributed by atoms with E-state index < -0.39 is 0 Å². The van der Waals surface area contributed by atoms with Crippen molar-refractivity contribution in [3.8, 4) is 0 Å². The first-order valence-corrected chi connectivity index (χ1v) is 4.69. The van der Waals surface area contributed by atoms with Crippen molar-refractivity contribution < 1.29 is 9.47 Å². The van der Waals surface area contributed by atoms with Crippen LogP contribution in [0.4, 0.5) is 0 Å². The van der Waals surface area contributed by atoms with E-state index in [1.165, 1.54) is 25.7 Å². The van der Waals surface area contributed by atoms with E-state index in [2.05, 4.69) is 6.92 Å². The number of rotatable bonds is 4. The van der Waals surface area contributed by atoms with Crippen LogP contribution in [0.25, 0.3) is 0 Å². The fourth-order valence-corrected chi connectivity index (χ4v) is 1.77. The number of fused-ring (bicyclic) bond motifs is 1. The molecule has 2 heterocycles. The molecule has 2 saturated heterocycles. The lowest BCUT2D eigenvalue weighted by Crippen LogP contribution is -2.13. The topological polar surface area (TPSA) is 21.8 Å². The summed E-state index contributed by atoms with van der Waals surface area (Å²) in [5.74, 6) is 0. The quantitative estimate of drug-likeness (QED) is 0.456. The number of epoxide rings is 1. The largest absolute Gasteiger partial charge is 0.373 e. The first-order valence-electron chi connectivity index (χ1n) is 4.69.